The molecule has 0 heterocycles. The minimum atomic E-state index is -0.0107. The Morgan fingerprint density at radius 2 is 1.93 bits per heavy atom. The molecule has 1 rings (SSSR count). The maximum absolute atomic E-state index is 5.99. The summed E-state index contributed by atoms with van der Waals surface area (Å²) in [6, 6.07) is 7.40. The molecule has 1 aromatic carbocycles. The van der Waals surface area contributed by atoms with Crippen molar-refractivity contribution >= 4 is 11.6 Å². The second kappa shape index (κ2) is 5.38. The Morgan fingerprint density at radius 3 is 2.47 bits per heavy atom. The lowest BCUT2D eigenvalue weighted by Crippen LogP contribution is -2.40. The van der Waals surface area contributed by atoms with Gasteiger partial charge in [-0.1, -0.05) is 31.5 Å². The van der Waals surface area contributed by atoms with E-state index in [1.165, 1.54) is 0 Å². The Bertz CT molecular complexity index is 314. The van der Waals surface area contributed by atoms with Gasteiger partial charge in [0.2, 0.25) is 0 Å². The third kappa shape index (κ3) is 3.73. The van der Waals surface area contributed by atoms with Crippen molar-refractivity contribution in [2.45, 2.75) is 32.9 Å². The summed E-state index contributed by atoms with van der Waals surface area (Å²) in [6.07, 6.45) is -0.0107. The Hall–Kier alpha value is -0.730. The van der Waals surface area contributed by atoms with Gasteiger partial charge >= 0.3 is 0 Å². The number of hydrogen-bond donors (Lipinski definition) is 1. The minimum absolute atomic E-state index is 0.0107. The summed E-state index contributed by atoms with van der Waals surface area (Å²) in [5, 5.41) is 0.679. The van der Waals surface area contributed by atoms with Crippen molar-refractivity contribution in [2.75, 3.05) is 0 Å². The fraction of sp³-hybridized carbons (Fsp3) is 0.500. The highest BCUT2D eigenvalue weighted by Crippen LogP contribution is 2.19. The Balaban J connectivity index is 2.62. The maximum atomic E-state index is 5.99. The summed E-state index contributed by atoms with van der Waals surface area (Å²) >= 11 is 5.86. The maximum Gasteiger partial charge on any atom is 0.121 e. The molecular weight excluding hydrogens is 210 g/mol. The summed E-state index contributed by atoms with van der Waals surface area (Å²) in [7, 11) is 0. The number of ether oxygens (including phenoxy) is 1. The molecule has 2 nitrogen and oxygen atoms in total. The van der Waals surface area contributed by atoms with Crippen molar-refractivity contribution in [3.63, 3.8) is 0 Å². The molecule has 0 aromatic heterocycles. The molecule has 0 saturated heterocycles. The molecule has 2 N–H and O–H groups in total. The lowest BCUT2D eigenvalue weighted by molar-refractivity contribution is 0.166. The molecule has 0 saturated carbocycles. The van der Waals surface area contributed by atoms with Crippen LogP contribution in [0.5, 0.6) is 5.75 Å². The quantitative estimate of drug-likeness (QED) is 0.858. The molecule has 0 aliphatic carbocycles. The van der Waals surface area contributed by atoms with Gasteiger partial charge < -0.3 is 10.5 Å². The summed E-state index contributed by atoms with van der Waals surface area (Å²) in [5.41, 5.74) is 5.99. The lowest BCUT2D eigenvalue weighted by Gasteiger charge is -2.24. The first kappa shape index (κ1) is 12.3. The molecule has 2 unspecified atom stereocenters. The van der Waals surface area contributed by atoms with E-state index in [-0.39, 0.29) is 12.1 Å². The van der Waals surface area contributed by atoms with E-state index in [9.17, 15) is 0 Å². The van der Waals surface area contributed by atoms with E-state index < -0.39 is 0 Å². The molecule has 15 heavy (non-hydrogen) atoms. The summed E-state index contributed by atoms with van der Waals surface area (Å²) in [6.45, 7) is 6.15. The predicted octanol–water partition coefficient (Wildman–Crippen LogP) is 3.09. The van der Waals surface area contributed by atoms with Crippen molar-refractivity contribution in [2.24, 2.45) is 11.7 Å². The largest absolute Gasteiger partial charge is 0.489 e. The molecule has 2 atom stereocenters. The molecule has 1 aromatic rings. The van der Waals surface area contributed by atoms with Crippen LogP contribution in [0.2, 0.25) is 5.02 Å². The van der Waals surface area contributed by atoms with Crippen LogP contribution in [0.25, 0.3) is 0 Å². The molecule has 3 heteroatoms. The second-order valence-electron chi connectivity index (χ2n) is 4.10. The molecule has 0 bridgehead atoms. The third-order valence-corrected chi connectivity index (χ3v) is 2.66. The molecule has 0 aliphatic rings. The van der Waals surface area contributed by atoms with Gasteiger partial charge in [0.05, 0.1) is 0 Å². The van der Waals surface area contributed by atoms with E-state index in [1.54, 1.807) is 6.07 Å². The highest BCUT2D eigenvalue weighted by Gasteiger charge is 2.17. The number of hydrogen-bond acceptors (Lipinski definition) is 2. The van der Waals surface area contributed by atoms with Crippen LogP contribution in [0.15, 0.2) is 24.3 Å². The first-order valence-electron chi connectivity index (χ1n) is 5.18. The zero-order valence-corrected chi connectivity index (χ0v) is 10.2. The van der Waals surface area contributed by atoms with Crippen LogP contribution in [0.3, 0.4) is 0 Å². The standard InChI is InChI=1S/C12H18ClNO/c1-8(2)12(14)9(3)15-11-6-4-5-10(13)7-11/h4-9,12H,14H2,1-3H3. The van der Waals surface area contributed by atoms with Crippen LogP contribution in [0, 0.1) is 5.92 Å². The molecule has 84 valence electrons. The average molecular weight is 228 g/mol. The van der Waals surface area contributed by atoms with Gasteiger partial charge in [-0.2, -0.15) is 0 Å². The fourth-order valence-corrected chi connectivity index (χ4v) is 1.56. The van der Waals surface area contributed by atoms with Crippen LogP contribution < -0.4 is 10.5 Å². The van der Waals surface area contributed by atoms with Gasteiger partial charge in [-0.05, 0) is 31.0 Å². The summed E-state index contributed by atoms with van der Waals surface area (Å²) in [5.74, 6) is 1.17. The predicted molar refractivity (Wildman–Crippen MR) is 64.4 cm³/mol. The van der Waals surface area contributed by atoms with Gasteiger partial charge in [0.15, 0.2) is 0 Å². The molecule has 0 amide bonds. The highest BCUT2D eigenvalue weighted by atomic mass is 35.5. The first-order chi connectivity index (χ1) is 7.00. The van der Waals surface area contributed by atoms with Crippen LogP contribution in [-0.4, -0.2) is 12.1 Å². The molecule has 0 spiro atoms. The summed E-state index contributed by atoms with van der Waals surface area (Å²) < 4.78 is 5.71. The minimum Gasteiger partial charge on any atom is -0.489 e. The topological polar surface area (TPSA) is 35.2 Å². The van der Waals surface area contributed by atoms with Crippen molar-refractivity contribution in [3.8, 4) is 5.75 Å². The van der Waals surface area contributed by atoms with Crippen LogP contribution >= 0.6 is 11.6 Å². The van der Waals surface area contributed by atoms with Crippen molar-refractivity contribution in [1.29, 1.82) is 0 Å². The van der Waals surface area contributed by atoms with Crippen LogP contribution in [0.1, 0.15) is 20.8 Å². The van der Waals surface area contributed by atoms with E-state index in [2.05, 4.69) is 13.8 Å². The molecular formula is C12H18ClNO. The van der Waals surface area contributed by atoms with Gasteiger partial charge in [0.25, 0.3) is 0 Å². The zero-order valence-electron chi connectivity index (χ0n) is 9.41. The number of rotatable bonds is 4. The Morgan fingerprint density at radius 1 is 1.27 bits per heavy atom. The Labute approximate surface area is 96.4 Å². The van der Waals surface area contributed by atoms with E-state index in [0.717, 1.165) is 5.75 Å². The smallest absolute Gasteiger partial charge is 0.121 e. The third-order valence-electron chi connectivity index (χ3n) is 2.43. The van der Waals surface area contributed by atoms with Crippen molar-refractivity contribution in [1.82, 2.24) is 0 Å². The monoisotopic (exact) mass is 227 g/mol. The highest BCUT2D eigenvalue weighted by molar-refractivity contribution is 6.30. The second-order valence-corrected chi connectivity index (χ2v) is 4.54. The van der Waals surface area contributed by atoms with Crippen LogP contribution in [0.4, 0.5) is 0 Å². The normalized spacial score (nSPS) is 15.1. The average Bonchev–Trinajstić information content (AvgIpc) is 2.16. The fourth-order valence-electron chi connectivity index (χ4n) is 1.38. The van der Waals surface area contributed by atoms with E-state index >= 15 is 0 Å². The van der Waals surface area contributed by atoms with Gasteiger partial charge in [-0.15, -0.1) is 0 Å². The van der Waals surface area contributed by atoms with E-state index in [1.807, 2.05) is 25.1 Å². The molecule has 0 fully saturated rings. The Kier molecular flexibility index (Phi) is 4.43. The van der Waals surface area contributed by atoms with Crippen LogP contribution in [-0.2, 0) is 0 Å². The number of benzene rings is 1. The van der Waals surface area contributed by atoms with Crippen molar-refractivity contribution < 1.29 is 4.74 Å². The van der Waals surface area contributed by atoms with Crippen molar-refractivity contribution in [3.05, 3.63) is 29.3 Å². The van der Waals surface area contributed by atoms with Gasteiger partial charge in [0.1, 0.15) is 11.9 Å². The van der Waals surface area contributed by atoms with E-state index in [4.69, 9.17) is 22.1 Å². The lowest BCUT2D eigenvalue weighted by atomic mass is 10.0. The van der Waals surface area contributed by atoms with Gasteiger partial charge in [-0.3, -0.25) is 0 Å². The van der Waals surface area contributed by atoms with Gasteiger partial charge in [0, 0.05) is 11.1 Å². The number of nitrogens with two attached hydrogens (primary N) is 1. The zero-order chi connectivity index (χ0) is 11.4. The van der Waals surface area contributed by atoms with Gasteiger partial charge in [-0.25, -0.2) is 0 Å². The SMILES string of the molecule is CC(C)C(N)C(C)Oc1cccc(Cl)c1. The summed E-state index contributed by atoms with van der Waals surface area (Å²) in [4.78, 5) is 0. The van der Waals surface area contributed by atoms with E-state index in [0.29, 0.717) is 10.9 Å². The molecule has 0 radical (unpaired) electrons. The first-order valence-corrected chi connectivity index (χ1v) is 5.56. The number of halogens is 1. The molecule has 0 aliphatic heterocycles.